The Bertz CT molecular complexity index is 3320. The van der Waals surface area contributed by atoms with Gasteiger partial charge in [0.2, 0.25) is 5.91 Å². The van der Waals surface area contributed by atoms with Crippen molar-refractivity contribution in [2.45, 2.75) is 190 Å². The van der Waals surface area contributed by atoms with Crippen molar-refractivity contribution in [2.24, 2.45) is 0 Å². The molecule has 7 aromatic rings. The lowest BCUT2D eigenvalue weighted by atomic mass is 9.94. The van der Waals surface area contributed by atoms with E-state index >= 15 is 0 Å². The number of nitrogens with one attached hydrogen (secondary N) is 1. The van der Waals surface area contributed by atoms with Crippen LogP contribution < -0.4 is 5.32 Å². The van der Waals surface area contributed by atoms with Gasteiger partial charge in [0.05, 0.1) is 71.7 Å². The molecule has 0 radical (unpaired) electrons. The molecule has 4 aliphatic rings. The molecule has 20 nitrogen and oxygen atoms in total. The molecule has 0 spiro atoms. The summed E-state index contributed by atoms with van der Waals surface area (Å²) in [5, 5.41) is 49.1. The quantitative estimate of drug-likeness (QED) is 0.0286. The summed E-state index contributed by atoms with van der Waals surface area (Å²) in [6, 6.07) is 66.1. The fourth-order valence-electron chi connectivity index (χ4n) is 12.4. The first-order valence-electron chi connectivity index (χ1n) is 32.5. The van der Waals surface area contributed by atoms with Gasteiger partial charge in [0.25, 0.3) is 0 Å². The number of ether oxygens (including phenoxy) is 14. The summed E-state index contributed by atoms with van der Waals surface area (Å²) in [5.41, 5.74) is 6.03. The largest absolute Gasteiger partial charge is 0.394 e. The number of aliphatic hydroxyl groups is 4. The Labute approximate surface area is 554 Å². The van der Waals surface area contributed by atoms with Crippen LogP contribution >= 0.6 is 0 Å². The summed E-state index contributed by atoms with van der Waals surface area (Å²) < 4.78 is 97.7. The van der Waals surface area contributed by atoms with E-state index in [1.165, 1.54) is 6.92 Å². The third-order valence-electron chi connectivity index (χ3n) is 17.3. The molecule has 20 heteroatoms. The second-order valence-electron chi connectivity index (χ2n) is 24.3. The zero-order valence-corrected chi connectivity index (χ0v) is 53.5. The average molecular weight is 1310 g/mol. The van der Waals surface area contributed by atoms with Gasteiger partial charge in [0.1, 0.15) is 85.4 Å². The number of hydrogen-bond donors (Lipinski definition) is 5. The van der Waals surface area contributed by atoms with E-state index in [4.69, 9.17) is 66.3 Å². The molecule has 5 N–H and O–H groups in total. The Morgan fingerprint density at radius 3 is 1.14 bits per heavy atom. The first-order chi connectivity index (χ1) is 46.5. The molecule has 0 aromatic heterocycles. The lowest BCUT2D eigenvalue weighted by Gasteiger charge is -2.52. The number of amides is 1. The molecule has 20 atom stereocenters. The van der Waals surface area contributed by atoms with Gasteiger partial charge < -0.3 is 92.1 Å². The van der Waals surface area contributed by atoms with E-state index in [9.17, 15) is 25.2 Å². The monoisotopic (exact) mass is 1310 g/mol. The normalized spacial score (nSPS) is 30.9. The minimum absolute atomic E-state index is 0.0263. The van der Waals surface area contributed by atoms with Crippen molar-refractivity contribution in [3.05, 3.63) is 251 Å². The van der Waals surface area contributed by atoms with Gasteiger partial charge in [0.15, 0.2) is 25.2 Å². The van der Waals surface area contributed by atoms with Crippen molar-refractivity contribution >= 4 is 5.91 Å². The SMILES string of the molecule is CC(=O)N[C@H]1[C@H](O[C@H]2[C@H](O[C@@H]3[C@H](OCc4ccccc4)[C@@H](OCc4ccccc4)[C@H](C)O[C@H]3O)O[C@@H](C)[C@H](OCc3ccccc3)[C@H]2O[C@@H]2O[C@H](COCc3ccccc3)[C@@H](OCc3ccccc3)[C@H](OCc3ccccc3)[C@H]2OCc2ccccc2)O[C@H](CO)[C@@H](O)[C@@H]1O. The molecular weight excluding hydrogens is 1220 g/mol. The van der Waals surface area contributed by atoms with Gasteiger partial charge in [-0.2, -0.15) is 0 Å². The van der Waals surface area contributed by atoms with Gasteiger partial charge in [-0.15, -0.1) is 0 Å². The summed E-state index contributed by atoms with van der Waals surface area (Å²) in [7, 11) is 0. The molecule has 0 bridgehead atoms. The first kappa shape index (κ1) is 69.6. The molecule has 7 aromatic carbocycles. The van der Waals surface area contributed by atoms with E-state index in [0.717, 1.165) is 38.9 Å². The Balaban J connectivity index is 1.04. The van der Waals surface area contributed by atoms with Crippen molar-refractivity contribution < 1.29 is 91.5 Å². The smallest absolute Gasteiger partial charge is 0.217 e. The molecule has 0 aliphatic carbocycles. The Morgan fingerprint density at radius 2 is 0.705 bits per heavy atom. The summed E-state index contributed by atoms with van der Waals surface area (Å²) in [6.07, 6.45) is -24.3. The number of benzene rings is 7. The van der Waals surface area contributed by atoms with Crippen LogP contribution in [-0.4, -0.2) is 162 Å². The average Bonchev–Trinajstić information content (AvgIpc) is 0.770. The van der Waals surface area contributed by atoms with Crippen LogP contribution in [0.2, 0.25) is 0 Å². The predicted octanol–water partition coefficient (Wildman–Crippen LogP) is 8.02. The molecule has 11 rings (SSSR count). The van der Waals surface area contributed by atoms with E-state index in [-0.39, 0.29) is 52.9 Å². The lowest BCUT2D eigenvalue weighted by Crippen LogP contribution is -2.70. The minimum Gasteiger partial charge on any atom is -0.394 e. The number of rotatable bonds is 30. The Kier molecular flexibility index (Phi) is 25.6. The van der Waals surface area contributed by atoms with Gasteiger partial charge in [-0.25, -0.2) is 0 Å². The van der Waals surface area contributed by atoms with Crippen LogP contribution in [0.5, 0.6) is 0 Å². The maximum atomic E-state index is 13.2. The number of carbonyl (C=O) groups excluding carboxylic acids is 1. The molecule has 4 saturated heterocycles. The van der Waals surface area contributed by atoms with Crippen molar-refractivity contribution in [1.29, 1.82) is 0 Å². The van der Waals surface area contributed by atoms with Crippen LogP contribution in [0.4, 0.5) is 0 Å². The topological polar surface area (TPSA) is 239 Å². The van der Waals surface area contributed by atoms with E-state index in [1.807, 2.05) is 212 Å². The first-order valence-corrected chi connectivity index (χ1v) is 32.5. The highest BCUT2D eigenvalue weighted by atomic mass is 16.8. The zero-order valence-electron chi connectivity index (χ0n) is 53.5. The summed E-state index contributed by atoms with van der Waals surface area (Å²) >= 11 is 0. The van der Waals surface area contributed by atoms with Crippen LogP contribution in [0.1, 0.15) is 59.7 Å². The summed E-state index contributed by atoms with van der Waals surface area (Å²) in [4.78, 5) is 13.2. The minimum atomic E-state index is -1.75. The van der Waals surface area contributed by atoms with Gasteiger partial charge >= 0.3 is 0 Å². The maximum Gasteiger partial charge on any atom is 0.217 e. The highest BCUT2D eigenvalue weighted by Gasteiger charge is 2.58. The fourth-order valence-corrected chi connectivity index (χ4v) is 12.4. The van der Waals surface area contributed by atoms with Crippen LogP contribution in [0.25, 0.3) is 0 Å². The van der Waals surface area contributed by atoms with Crippen molar-refractivity contribution in [2.75, 3.05) is 13.2 Å². The molecule has 95 heavy (non-hydrogen) atoms. The molecule has 0 unspecified atom stereocenters. The Morgan fingerprint density at radius 1 is 0.368 bits per heavy atom. The van der Waals surface area contributed by atoms with E-state index in [0.29, 0.717) is 0 Å². The van der Waals surface area contributed by atoms with Crippen molar-refractivity contribution in [3.63, 3.8) is 0 Å². The highest BCUT2D eigenvalue weighted by Crippen LogP contribution is 2.40. The van der Waals surface area contributed by atoms with Crippen molar-refractivity contribution in [1.82, 2.24) is 5.32 Å². The molecule has 4 aliphatic heterocycles. The van der Waals surface area contributed by atoms with Crippen LogP contribution in [0, 0.1) is 0 Å². The number of carbonyl (C=O) groups is 1. The fraction of sp³-hybridized carbons (Fsp3) is 0.427. The third kappa shape index (κ3) is 18.9. The van der Waals surface area contributed by atoms with E-state index < -0.39 is 135 Å². The second-order valence-corrected chi connectivity index (χ2v) is 24.3. The Hall–Kier alpha value is -6.71. The molecule has 0 saturated carbocycles. The molecule has 1 amide bonds. The third-order valence-corrected chi connectivity index (χ3v) is 17.3. The van der Waals surface area contributed by atoms with Gasteiger partial charge in [-0.05, 0) is 52.8 Å². The van der Waals surface area contributed by atoms with Crippen LogP contribution in [-0.2, 0) is 117 Å². The number of hydrogen-bond acceptors (Lipinski definition) is 19. The maximum absolute atomic E-state index is 13.2. The van der Waals surface area contributed by atoms with Gasteiger partial charge in [-0.1, -0.05) is 212 Å². The van der Waals surface area contributed by atoms with Crippen molar-refractivity contribution in [3.8, 4) is 0 Å². The molecule has 4 heterocycles. The van der Waals surface area contributed by atoms with Gasteiger partial charge in [-0.3, -0.25) is 4.79 Å². The van der Waals surface area contributed by atoms with E-state index in [1.54, 1.807) is 13.8 Å². The summed E-state index contributed by atoms with van der Waals surface area (Å²) in [5.74, 6) is -0.601. The molecule has 506 valence electrons. The van der Waals surface area contributed by atoms with Crippen LogP contribution in [0.15, 0.2) is 212 Å². The van der Waals surface area contributed by atoms with Gasteiger partial charge in [0, 0.05) is 6.92 Å². The zero-order chi connectivity index (χ0) is 65.9. The molecular formula is C75H87NO19. The number of aliphatic hydroxyl groups excluding tert-OH is 4. The van der Waals surface area contributed by atoms with E-state index in [2.05, 4.69) is 5.32 Å². The van der Waals surface area contributed by atoms with Crippen LogP contribution in [0.3, 0.4) is 0 Å². The summed E-state index contributed by atoms with van der Waals surface area (Å²) in [6.45, 7) is 4.81. The standard InChI is InChI=1S/C75H87NO19/c1-48-63(83-41-52-27-13-5-14-28-52)66(86-44-55-33-19-8-20-34-55)69(72(81)89-48)94-75-71(95-73-60(76-50(3)78)62(80)61(79)58(39-77)91-73)68(64(49(2)90-75)84-42-53-29-15-6-16-30-53)93-74-70(88-46-57-37-23-10-24-38-57)67(87-45-56-35-21-9-22-36-56)65(85-43-54-31-17-7-18-32-54)59(92-74)47-82-40-51-25-11-4-12-26-51/h4-38,48-49,58-75,77,79-81H,39-47H2,1-3H3,(H,76,78)/t48-,49-,58+,59+,60+,61+,62+,63-,64-,65+,66+,67-,68+,69+,70+,71+,72+,73-,74-,75-/m0/s1. The highest BCUT2D eigenvalue weighted by molar-refractivity contribution is 5.73. The lowest BCUT2D eigenvalue weighted by molar-refractivity contribution is -0.408. The second kappa shape index (κ2) is 35.0. The predicted molar refractivity (Wildman–Crippen MR) is 346 cm³/mol. The molecule has 4 fully saturated rings.